The number of hydrogen-bond acceptors (Lipinski definition) is 5. The van der Waals surface area contributed by atoms with E-state index in [1.807, 2.05) is 0 Å². The smallest absolute Gasteiger partial charge is 0.357 e. The van der Waals surface area contributed by atoms with E-state index in [1.165, 1.54) is 7.11 Å². The summed E-state index contributed by atoms with van der Waals surface area (Å²) >= 11 is 0. The minimum absolute atomic E-state index is 0.0918. The van der Waals surface area contributed by atoms with Crippen LogP contribution >= 0.6 is 0 Å². The average molecular weight is 263 g/mol. The number of carbonyl (C=O) groups excluding carboxylic acids is 1. The first-order valence-electron chi connectivity index (χ1n) is 6.58. The third-order valence-corrected chi connectivity index (χ3v) is 3.05. The van der Waals surface area contributed by atoms with E-state index >= 15 is 0 Å². The lowest BCUT2D eigenvalue weighted by Crippen LogP contribution is -2.29. The van der Waals surface area contributed by atoms with Crippen LogP contribution in [0.15, 0.2) is 0 Å². The second-order valence-corrected chi connectivity index (χ2v) is 6.07. The number of fused-ring (bicyclic) bond motifs is 1. The van der Waals surface area contributed by atoms with Crippen LogP contribution in [0.3, 0.4) is 0 Å². The Morgan fingerprint density at radius 2 is 2.11 bits per heavy atom. The summed E-state index contributed by atoms with van der Waals surface area (Å²) in [5.74, 6) is 0.353. The molecule has 0 spiro atoms. The molecule has 104 valence electrons. The van der Waals surface area contributed by atoms with Gasteiger partial charge in [0.15, 0.2) is 5.69 Å². The predicted molar refractivity (Wildman–Crippen MR) is 71.9 cm³/mol. The van der Waals surface area contributed by atoms with Gasteiger partial charge in [0.05, 0.1) is 12.8 Å². The lowest BCUT2D eigenvalue weighted by atomic mass is 9.91. The third kappa shape index (κ3) is 3.29. The lowest BCUT2D eigenvalue weighted by molar-refractivity contribution is 0.0591. The van der Waals surface area contributed by atoms with E-state index in [0.717, 1.165) is 36.5 Å². The highest BCUT2D eigenvalue weighted by Crippen LogP contribution is 2.22. The summed E-state index contributed by atoms with van der Waals surface area (Å²) in [7, 11) is 1.39. The molecule has 0 aromatic carbocycles. The van der Waals surface area contributed by atoms with Crippen molar-refractivity contribution in [3.05, 3.63) is 22.8 Å². The van der Waals surface area contributed by atoms with Crippen LogP contribution < -0.4 is 5.32 Å². The van der Waals surface area contributed by atoms with Crippen molar-refractivity contribution in [3.63, 3.8) is 0 Å². The average Bonchev–Trinajstić information content (AvgIpc) is 2.35. The molecule has 0 saturated carbocycles. The maximum absolute atomic E-state index is 11.9. The second kappa shape index (κ2) is 5.25. The standard InChI is InChI=1S/C14H21N3O2/c1-14(2,3)7-11-16-10-5-6-15-8-9(10)12(17-11)13(18)19-4/h15H,5-8H2,1-4H3. The van der Waals surface area contributed by atoms with Gasteiger partial charge in [0.2, 0.25) is 0 Å². The molecule has 1 aromatic rings. The number of nitrogens with one attached hydrogen (secondary N) is 1. The first-order chi connectivity index (χ1) is 8.90. The fourth-order valence-corrected chi connectivity index (χ4v) is 2.21. The number of aromatic nitrogens is 2. The molecule has 0 amide bonds. The van der Waals surface area contributed by atoms with E-state index in [2.05, 4.69) is 36.1 Å². The van der Waals surface area contributed by atoms with Gasteiger partial charge in [-0.05, 0) is 5.41 Å². The lowest BCUT2D eigenvalue weighted by Gasteiger charge is -2.22. The minimum atomic E-state index is -0.377. The third-order valence-electron chi connectivity index (χ3n) is 3.05. The van der Waals surface area contributed by atoms with Crippen LogP contribution in [0.4, 0.5) is 0 Å². The normalized spacial score (nSPS) is 14.9. The Balaban J connectivity index is 2.45. The van der Waals surface area contributed by atoms with Crippen LogP contribution in [-0.2, 0) is 24.1 Å². The predicted octanol–water partition coefficient (Wildman–Crippen LogP) is 1.50. The van der Waals surface area contributed by atoms with Crippen molar-refractivity contribution in [2.45, 2.75) is 40.2 Å². The summed E-state index contributed by atoms with van der Waals surface area (Å²) in [4.78, 5) is 20.9. The fraction of sp³-hybridized carbons (Fsp3) is 0.643. The van der Waals surface area contributed by atoms with Gasteiger partial charge in [-0.25, -0.2) is 14.8 Å². The number of nitrogens with zero attached hydrogens (tertiary/aromatic N) is 2. The minimum Gasteiger partial charge on any atom is -0.464 e. The van der Waals surface area contributed by atoms with E-state index in [0.29, 0.717) is 12.2 Å². The number of ether oxygens (including phenoxy) is 1. The van der Waals surface area contributed by atoms with Crippen molar-refractivity contribution in [3.8, 4) is 0 Å². The molecule has 0 unspecified atom stereocenters. The van der Waals surface area contributed by atoms with Crippen molar-refractivity contribution >= 4 is 5.97 Å². The van der Waals surface area contributed by atoms with E-state index < -0.39 is 0 Å². The molecular weight excluding hydrogens is 242 g/mol. The Morgan fingerprint density at radius 3 is 2.74 bits per heavy atom. The molecule has 2 heterocycles. The fourth-order valence-electron chi connectivity index (χ4n) is 2.21. The van der Waals surface area contributed by atoms with E-state index in [4.69, 9.17) is 4.74 Å². The Morgan fingerprint density at radius 1 is 1.37 bits per heavy atom. The van der Waals surface area contributed by atoms with Crippen LogP contribution in [0.5, 0.6) is 0 Å². The molecule has 0 saturated heterocycles. The quantitative estimate of drug-likeness (QED) is 0.819. The summed E-state index contributed by atoms with van der Waals surface area (Å²) < 4.78 is 4.83. The molecule has 0 fully saturated rings. The van der Waals surface area contributed by atoms with Crippen LogP contribution in [0.1, 0.15) is 48.3 Å². The van der Waals surface area contributed by atoms with Gasteiger partial charge in [0.1, 0.15) is 5.82 Å². The molecule has 0 radical (unpaired) electrons. The highest BCUT2D eigenvalue weighted by Gasteiger charge is 2.24. The Bertz CT molecular complexity index is 492. The Hall–Kier alpha value is -1.49. The van der Waals surface area contributed by atoms with E-state index in [-0.39, 0.29) is 11.4 Å². The van der Waals surface area contributed by atoms with Crippen LogP contribution in [0.25, 0.3) is 0 Å². The van der Waals surface area contributed by atoms with Gasteiger partial charge >= 0.3 is 5.97 Å². The molecule has 1 aliphatic rings. The molecule has 1 N–H and O–H groups in total. The molecule has 0 bridgehead atoms. The number of hydrogen-bond donors (Lipinski definition) is 1. The molecular formula is C14H21N3O2. The number of esters is 1. The molecule has 2 rings (SSSR count). The van der Waals surface area contributed by atoms with Gasteiger partial charge in [-0.3, -0.25) is 0 Å². The highest BCUT2D eigenvalue weighted by molar-refractivity contribution is 5.89. The zero-order chi connectivity index (χ0) is 14.0. The zero-order valence-electron chi connectivity index (χ0n) is 12.0. The van der Waals surface area contributed by atoms with Gasteiger partial charge in [0, 0.05) is 31.5 Å². The van der Waals surface area contributed by atoms with Crippen molar-refractivity contribution in [1.82, 2.24) is 15.3 Å². The van der Waals surface area contributed by atoms with E-state index in [9.17, 15) is 4.79 Å². The second-order valence-electron chi connectivity index (χ2n) is 6.07. The van der Waals surface area contributed by atoms with E-state index in [1.54, 1.807) is 0 Å². The maximum atomic E-state index is 11.9. The largest absolute Gasteiger partial charge is 0.464 e. The van der Waals surface area contributed by atoms with Gasteiger partial charge in [0.25, 0.3) is 0 Å². The van der Waals surface area contributed by atoms with Crippen LogP contribution in [-0.4, -0.2) is 29.6 Å². The zero-order valence-corrected chi connectivity index (χ0v) is 12.0. The van der Waals surface area contributed by atoms with Gasteiger partial charge < -0.3 is 10.1 Å². The van der Waals surface area contributed by atoms with Gasteiger partial charge in [-0.1, -0.05) is 20.8 Å². The van der Waals surface area contributed by atoms with Crippen molar-refractivity contribution in [2.75, 3.05) is 13.7 Å². The summed E-state index contributed by atoms with van der Waals surface area (Å²) in [5.41, 5.74) is 2.37. The first kappa shape index (κ1) is 13.9. The highest BCUT2D eigenvalue weighted by atomic mass is 16.5. The van der Waals surface area contributed by atoms with Crippen LogP contribution in [0.2, 0.25) is 0 Å². The molecule has 0 atom stereocenters. The molecule has 0 aliphatic carbocycles. The number of methoxy groups -OCH3 is 1. The topological polar surface area (TPSA) is 64.1 Å². The SMILES string of the molecule is COC(=O)c1nc(CC(C)(C)C)nc2c1CNCC2. The summed E-state index contributed by atoms with van der Waals surface area (Å²) in [6.45, 7) is 7.93. The Kier molecular flexibility index (Phi) is 3.85. The van der Waals surface area contributed by atoms with Crippen molar-refractivity contribution in [1.29, 1.82) is 0 Å². The summed E-state index contributed by atoms with van der Waals surface area (Å²) in [6.07, 6.45) is 1.58. The molecule has 5 heteroatoms. The van der Waals surface area contributed by atoms with Crippen LogP contribution in [0, 0.1) is 5.41 Å². The number of rotatable bonds is 2. The Labute approximate surface area is 113 Å². The molecule has 5 nitrogen and oxygen atoms in total. The molecule has 19 heavy (non-hydrogen) atoms. The molecule has 1 aliphatic heterocycles. The van der Waals surface area contributed by atoms with Crippen molar-refractivity contribution in [2.24, 2.45) is 5.41 Å². The van der Waals surface area contributed by atoms with Gasteiger partial charge in [-0.2, -0.15) is 0 Å². The monoisotopic (exact) mass is 263 g/mol. The molecule has 1 aromatic heterocycles. The number of carbonyl (C=O) groups is 1. The van der Waals surface area contributed by atoms with Gasteiger partial charge in [-0.15, -0.1) is 0 Å². The summed E-state index contributed by atoms with van der Waals surface area (Å²) in [6, 6.07) is 0. The maximum Gasteiger partial charge on any atom is 0.357 e. The first-order valence-corrected chi connectivity index (χ1v) is 6.58. The summed E-state index contributed by atoms with van der Waals surface area (Å²) in [5, 5.41) is 3.24. The van der Waals surface area contributed by atoms with Crippen molar-refractivity contribution < 1.29 is 9.53 Å².